The molecule has 0 saturated carbocycles. The molecule has 0 aromatic carbocycles. The zero-order valence-electron chi connectivity index (χ0n) is 10.6. The molecule has 0 aliphatic carbocycles. The highest BCUT2D eigenvalue weighted by Gasteiger charge is 2.06. The van der Waals surface area contributed by atoms with Gasteiger partial charge in [-0.2, -0.15) is 0 Å². The van der Waals surface area contributed by atoms with Crippen LogP contribution in [0.15, 0.2) is 18.2 Å². The molecule has 0 amide bonds. The number of nitrogens with zero attached hydrogens (tertiary/aromatic N) is 2. The average molecular weight is 221 g/mol. The van der Waals surface area contributed by atoms with Gasteiger partial charge in [0.15, 0.2) is 0 Å². The molecule has 1 aromatic heterocycles. The van der Waals surface area contributed by atoms with Gasteiger partial charge in [-0.3, -0.25) is 4.98 Å². The Morgan fingerprint density at radius 1 is 1.44 bits per heavy atom. The van der Waals surface area contributed by atoms with Crippen LogP contribution in [-0.2, 0) is 6.54 Å². The largest absolute Gasteiger partial charge is 0.330 e. The van der Waals surface area contributed by atoms with E-state index in [2.05, 4.69) is 36.0 Å². The minimum Gasteiger partial charge on any atom is -0.330 e. The third kappa shape index (κ3) is 4.73. The Morgan fingerprint density at radius 2 is 2.19 bits per heavy atom. The predicted molar refractivity (Wildman–Crippen MR) is 68.1 cm³/mol. The van der Waals surface area contributed by atoms with Crippen LogP contribution in [0.2, 0.25) is 0 Å². The highest BCUT2D eigenvalue weighted by atomic mass is 15.1. The van der Waals surface area contributed by atoms with Gasteiger partial charge in [0.2, 0.25) is 0 Å². The van der Waals surface area contributed by atoms with Gasteiger partial charge in [0.25, 0.3) is 0 Å². The lowest BCUT2D eigenvalue weighted by Crippen LogP contribution is -2.25. The standard InChI is InChI=1S/C13H23N3/c1-11(7-8-14)9-16(3)10-13-6-4-5-12(2)15-13/h4-6,11H,7-10,14H2,1-3H3. The number of rotatable bonds is 6. The third-order valence-corrected chi connectivity index (χ3v) is 2.66. The molecule has 0 bridgehead atoms. The second kappa shape index (κ2) is 6.61. The van der Waals surface area contributed by atoms with Crippen molar-refractivity contribution >= 4 is 0 Å². The Balaban J connectivity index is 2.42. The van der Waals surface area contributed by atoms with E-state index >= 15 is 0 Å². The summed E-state index contributed by atoms with van der Waals surface area (Å²) in [6.45, 7) is 7.04. The average Bonchev–Trinajstić information content (AvgIpc) is 2.17. The molecule has 1 aromatic rings. The molecule has 1 heterocycles. The highest BCUT2D eigenvalue weighted by molar-refractivity contribution is 5.09. The molecule has 0 aliphatic rings. The summed E-state index contributed by atoms with van der Waals surface area (Å²) in [4.78, 5) is 6.81. The van der Waals surface area contributed by atoms with Crippen molar-refractivity contribution in [3.63, 3.8) is 0 Å². The Labute approximate surface area is 98.7 Å². The molecule has 2 N–H and O–H groups in total. The Morgan fingerprint density at radius 3 is 2.81 bits per heavy atom. The van der Waals surface area contributed by atoms with Crippen LogP contribution < -0.4 is 5.73 Å². The monoisotopic (exact) mass is 221 g/mol. The van der Waals surface area contributed by atoms with E-state index in [0.29, 0.717) is 5.92 Å². The fourth-order valence-corrected chi connectivity index (χ4v) is 1.94. The first-order valence-electron chi connectivity index (χ1n) is 5.93. The van der Waals surface area contributed by atoms with Crippen molar-refractivity contribution in [1.29, 1.82) is 0 Å². The molecule has 0 aliphatic heterocycles. The van der Waals surface area contributed by atoms with E-state index in [4.69, 9.17) is 5.73 Å². The van der Waals surface area contributed by atoms with E-state index in [9.17, 15) is 0 Å². The second-order valence-electron chi connectivity index (χ2n) is 4.65. The summed E-state index contributed by atoms with van der Waals surface area (Å²) in [5.74, 6) is 0.653. The van der Waals surface area contributed by atoms with Crippen LogP contribution in [0.4, 0.5) is 0 Å². The molecular weight excluding hydrogens is 198 g/mol. The molecule has 0 spiro atoms. The Bertz CT molecular complexity index is 312. The third-order valence-electron chi connectivity index (χ3n) is 2.66. The fraction of sp³-hybridized carbons (Fsp3) is 0.615. The molecule has 1 atom stereocenters. The van der Waals surface area contributed by atoms with E-state index in [0.717, 1.165) is 37.4 Å². The van der Waals surface area contributed by atoms with E-state index in [1.54, 1.807) is 0 Å². The van der Waals surface area contributed by atoms with Gasteiger partial charge in [0.1, 0.15) is 0 Å². The van der Waals surface area contributed by atoms with Gasteiger partial charge in [-0.05, 0) is 45.0 Å². The SMILES string of the molecule is Cc1cccc(CN(C)CC(C)CCN)n1. The van der Waals surface area contributed by atoms with Gasteiger partial charge in [0, 0.05) is 18.8 Å². The molecule has 3 heteroatoms. The molecule has 0 radical (unpaired) electrons. The maximum absolute atomic E-state index is 5.55. The first kappa shape index (κ1) is 13.1. The Hall–Kier alpha value is -0.930. The molecular formula is C13H23N3. The fourth-order valence-electron chi connectivity index (χ4n) is 1.94. The number of hydrogen-bond acceptors (Lipinski definition) is 3. The van der Waals surface area contributed by atoms with Gasteiger partial charge in [0.05, 0.1) is 5.69 Å². The zero-order valence-corrected chi connectivity index (χ0v) is 10.6. The van der Waals surface area contributed by atoms with E-state index in [1.807, 2.05) is 13.0 Å². The van der Waals surface area contributed by atoms with Gasteiger partial charge in [-0.25, -0.2) is 0 Å². The summed E-state index contributed by atoms with van der Waals surface area (Å²) in [5.41, 5.74) is 7.77. The Kier molecular flexibility index (Phi) is 5.43. The lowest BCUT2D eigenvalue weighted by atomic mass is 10.1. The van der Waals surface area contributed by atoms with E-state index in [-0.39, 0.29) is 0 Å². The number of aryl methyl sites for hydroxylation is 1. The molecule has 0 fully saturated rings. The first-order valence-corrected chi connectivity index (χ1v) is 5.93. The summed E-state index contributed by atoms with van der Waals surface area (Å²) in [6.07, 6.45) is 1.09. The van der Waals surface area contributed by atoms with Crippen molar-refractivity contribution in [2.24, 2.45) is 11.7 Å². The summed E-state index contributed by atoms with van der Waals surface area (Å²) < 4.78 is 0. The summed E-state index contributed by atoms with van der Waals surface area (Å²) >= 11 is 0. The minimum atomic E-state index is 0.653. The smallest absolute Gasteiger partial charge is 0.0547 e. The van der Waals surface area contributed by atoms with Crippen molar-refractivity contribution in [3.05, 3.63) is 29.6 Å². The van der Waals surface area contributed by atoms with Crippen LogP contribution in [-0.4, -0.2) is 30.0 Å². The van der Waals surface area contributed by atoms with Gasteiger partial charge >= 0.3 is 0 Å². The molecule has 16 heavy (non-hydrogen) atoms. The lowest BCUT2D eigenvalue weighted by molar-refractivity contribution is 0.270. The van der Waals surface area contributed by atoms with Crippen molar-refractivity contribution < 1.29 is 0 Å². The van der Waals surface area contributed by atoms with Crippen LogP contribution in [0.3, 0.4) is 0 Å². The normalized spacial score (nSPS) is 13.1. The van der Waals surface area contributed by atoms with Crippen LogP contribution in [0, 0.1) is 12.8 Å². The quantitative estimate of drug-likeness (QED) is 0.796. The highest BCUT2D eigenvalue weighted by Crippen LogP contribution is 2.06. The predicted octanol–water partition coefficient (Wildman–Crippen LogP) is 1.81. The maximum atomic E-state index is 5.55. The molecule has 1 unspecified atom stereocenters. The van der Waals surface area contributed by atoms with Crippen molar-refractivity contribution in [2.75, 3.05) is 20.1 Å². The number of aromatic nitrogens is 1. The molecule has 90 valence electrons. The number of pyridine rings is 1. The van der Waals surface area contributed by atoms with E-state index in [1.165, 1.54) is 0 Å². The molecule has 3 nitrogen and oxygen atoms in total. The van der Waals surface area contributed by atoms with Gasteiger partial charge in [-0.15, -0.1) is 0 Å². The summed E-state index contributed by atoms with van der Waals surface area (Å²) in [7, 11) is 2.14. The van der Waals surface area contributed by atoms with Crippen molar-refractivity contribution in [3.8, 4) is 0 Å². The van der Waals surface area contributed by atoms with Crippen LogP contribution >= 0.6 is 0 Å². The van der Waals surface area contributed by atoms with Crippen LogP contribution in [0.25, 0.3) is 0 Å². The molecule has 0 saturated heterocycles. The second-order valence-corrected chi connectivity index (χ2v) is 4.65. The maximum Gasteiger partial charge on any atom is 0.0547 e. The lowest BCUT2D eigenvalue weighted by Gasteiger charge is -2.20. The van der Waals surface area contributed by atoms with Crippen LogP contribution in [0.1, 0.15) is 24.7 Å². The van der Waals surface area contributed by atoms with Gasteiger partial charge in [-0.1, -0.05) is 13.0 Å². The van der Waals surface area contributed by atoms with Crippen molar-refractivity contribution in [2.45, 2.75) is 26.8 Å². The first-order chi connectivity index (χ1) is 7.61. The summed E-state index contributed by atoms with van der Waals surface area (Å²) in [5, 5.41) is 0. The zero-order chi connectivity index (χ0) is 12.0. The summed E-state index contributed by atoms with van der Waals surface area (Å²) in [6, 6.07) is 6.17. The van der Waals surface area contributed by atoms with E-state index < -0.39 is 0 Å². The van der Waals surface area contributed by atoms with Crippen LogP contribution in [0.5, 0.6) is 0 Å². The number of nitrogens with two attached hydrogens (primary N) is 1. The topological polar surface area (TPSA) is 42.1 Å². The number of hydrogen-bond donors (Lipinski definition) is 1. The molecule has 1 rings (SSSR count). The van der Waals surface area contributed by atoms with Crippen molar-refractivity contribution in [1.82, 2.24) is 9.88 Å². The van der Waals surface area contributed by atoms with Gasteiger partial charge < -0.3 is 10.6 Å². The minimum absolute atomic E-state index is 0.653.